The first-order valence-electron chi connectivity index (χ1n) is 5.76. The van der Waals surface area contributed by atoms with Crippen LogP contribution in [0.4, 0.5) is 6.01 Å². The van der Waals surface area contributed by atoms with Gasteiger partial charge in [0.1, 0.15) is 6.26 Å². The van der Waals surface area contributed by atoms with Gasteiger partial charge >= 0.3 is 6.01 Å². The largest absolute Gasteiger partial charge is 0.432 e. The van der Waals surface area contributed by atoms with Crippen molar-refractivity contribution in [3.05, 3.63) is 24.6 Å². The lowest BCUT2D eigenvalue weighted by atomic mass is 9.81. The lowest BCUT2D eigenvalue weighted by Crippen LogP contribution is -2.36. The number of nitrogens with two attached hydrogens (primary N) is 1. The molecular weight excluding hydrogens is 218 g/mol. The standard InChI is InChI=1S/C12H17N3O2/c1-8-2-3-9(10(13)6-8)7-11(16)15-12-14-4-5-17-12/h4-5,9-10H,1-3,6-7,13H2,(H,14,15,16). The molecule has 1 aromatic heterocycles. The highest BCUT2D eigenvalue weighted by atomic mass is 16.4. The van der Waals surface area contributed by atoms with Crippen LogP contribution in [0.25, 0.3) is 0 Å². The molecule has 1 aromatic rings. The molecule has 0 radical (unpaired) electrons. The van der Waals surface area contributed by atoms with E-state index in [-0.39, 0.29) is 23.9 Å². The lowest BCUT2D eigenvalue weighted by Gasteiger charge is -2.29. The zero-order valence-electron chi connectivity index (χ0n) is 9.69. The van der Waals surface area contributed by atoms with Crippen molar-refractivity contribution in [3.8, 4) is 0 Å². The van der Waals surface area contributed by atoms with E-state index >= 15 is 0 Å². The molecule has 3 N–H and O–H groups in total. The molecule has 1 fully saturated rings. The topological polar surface area (TPSA) is 81.2 Å². The molecule has 0 aromatic carbocycles. The van der Waals surface area contributed by atoms with Gasteiger partial charge in [-0.2, -0.15) is 0 Å². The van der Waals surface area contributed by atoms with Gasteiger partial charge in [-0.1, -0.05) is 12.2 Å². The third-order valence-corrected chi connectivity index (χ3v) is 3.12. The first kappa shape index (κ1) is 11.9. The Bertz CT molecular complexity index is 400. The fourth-order valence-corrected chi connectivity index (χ4v) is 2.15. The number of hydrogen-bond acceptors (Lipinski definition) is 4. The van der Waals surface area contributed by atoms with Gasteiger partial charge in [-0.15, -0.1) is 0 Å². The van der Waals surface area contributed by atoms with Crippen LogP contribution in [-0.4, -0.2) is 16.9 Å². The molecule has 5 heteroatoms. The Morgan fingerprint density at radius 1 is 1.71 bits per heavy atom. The Hall–Kier alpha value is -1.62. The van der Waals surface area contributed by atoms with Crippen LogP contribution >= 0.6 is 0 Å². The fourth-order valence-electron chi connectivity index (χ4n) is 2.15. The molecule has 1 aliphatic rings. The van der Waals surface area contributed by atoms with E-state index in [1.807, 2.05) is 0 Å². The van der Waals surface area contributed by atoms with Crippen molar-refractivity contribution in [2.75, 3.05) is 5.32 Å². The molecule has 0 aliphatic heterocycles. The summed E-state index contributed by atoms with van der Waals surface area (Å²) in [5, 5.41) is 2.61. The van der Waals surface area contributed by atoms with Crippen LogP contribution in [0.3, 0.4) is 0 Å². The van der Waals surface area contributed by atoms with E-state index in [2.05, 4.69) is 16.9 Å². The second kappa shape index (κ2) is 5.14. The number of nitrogens with one attached hydrogen (secondary N) is 1. The van der Waals surface area contributed by atoms with Crippen molar-refractivity contribution in [2.24, 2.45) is 11.7 Å². The van der Waals surface area contributed by atoms with Crippen LogP contribution in [0.1, 0.15) is 25.7 Å². The van der Waals surface area contributed by atoms with E-state index in [0.717, 1.165) is 19.3 Å². The van der Waals surface area contributed by atoms with Gasteiger partial charge in [-0.3, -0.25) is 10.1 Å². The fraction of sp³-hybridized carbons (Fsp3) is 0.500. The van der Waals surface area contributed by atoms with Crippen LogP contribution < -0.4 is 11.1 Å². The summed E-state index contributed by atoms with van der Waals surface area (Å²) in [4.78, 5) is 15.6. The van der Waals surface area contributed by atoms with Crippen LogP contribution in [0.2, 0.25) is 0 Å². The van der Waals surface area contributed by atoms with Crippen molar-refractivity contribution in [1.29, 1.82) is 0 Å². The maximum absolute atomic E-state index is 11.7. The van der Waals surface area contributed by atoms with E-state index in [1.165, 1.54) is 18.0 Å². The van der Waals surface area contributed by atoms with Gasteiger partial charge < -0.3 is 10.2 Å². The maximum Gasteiger partial charge on any atom is 0.301 e. The molecule has 1 heterocycles. The van der Waals surface area contributed by atoms with Crippen LogP contribution in [0.5, 0.6) is 0 Å². The highest BCUT2D eigenvalue weighted by Gasteiger charge is 2.26. The number of carbonyl (C=O) groups is 1. The SMILES string of the molecule is C=C1CCC(CC(=O)Nc2ncco2)C(N)C1. The molecule has 0 spiro atoms. The average Bonchev–Trinajstić information content (AvgIpc) is 2.75. The molecule has 17 heavy (non-hydrogen) atoms. The molecular formula is C12H17N3O2. The molecule has 1 aliphatic carbocycles. The first-order chi connectivity index (χ1) is 8.15. The van der Waals surface area contributed by atoms with Crippen molar-refractivity contribution in [1.82, 2.24) is 4.98 Å². The smallest absolute Gasteiger partial charge is 0.301 e. The third kappa shape index (κ3) is 3.17. The minimum atomic E-state index is -0.0968. The predicted molar refractivity (Wildman–Crippen MR) is 64.2 cm³/mol. The van der Waals surface area contributed by atoms with E-state index < -0.39 is 0 Å². The molecule has 0 saturated heterocycles. The van der Waals surface area contributed by atoms with Gasteiger partial charge in [-0.05, 0) is 25.2 Å². The van der Waals surface area contributed by atoms with Gasteiger partial charge in [0, 0.05) is 12.5 Å². The van der Waals surface area contributed by atoms with Crippen molar-refractivity contribution in [2.45, 2.75) is 31.7 Å². The highest BCUT2D eigenvalue weighted by molar-refractivity contribution is 5.88. The van der Waals surface area contributed by atoms with Gasteiger partial charge in [0.2, 0.25) is 5.91 Å². The zero-order valence-corrected chi connectivity index (χ0v) is 9.69. The summed E-state index contributed by atoms with van der Waals surface area (Å²) < 4.78 is 4.95. The third-order valence-electron chi connectivity index (χ3n) is 3.12. The number of aromatic nitrogens is 1. The summed E-state index contributed by atoms with van der Waals surface area (Å²) >= 11 is 0. The number of carbonyl (C=O) groups excluding carboxylic acids is 1. The molecule has 1 saturated carbocycles. The van der Waals surface area contributed by atoms with Gasteiger partial charge in [0.25, 0.3) is 0 Å². The molecule has 5 nitrogen and oxygen atoms in total. The van der Waals surface area contributed by atoms with Gasteiger partial charge in [0.15, 0.2) is 0 Å². The summed E-state index contributed by atoms with van der Waals surface area (Å²) in [5.41, 5.74) is 7.19. The Morgan fingerprint density at radius 2 is 2.53 bits per heavy atom. The average molecular weight is 235 g/mol. The van der Waals surface area contributed by atoms with E-state index in [4.69, 9.17) is 10.2 Å². The van der Waals surface area contributed by atoms with E-state index in [1.54, 1.807) is 0 Å². The minimum Gasteiger partial charge on any atom is -0.432 e. The number of rotatable bonds is 3. The number of anilines is 1. The normalized spacial score (nSPS) is 24.6. The summed E-state index contributed by atoms with van der Waals surface area (Å²) in [5.74, 6) is 0.121. The van der Waals surface area contributed by atoms with Crippen LogP contribution in [-0.2, 0) is 4.79 Å². The Morgan fingerprint density at radius 3 is 3.18 bits per heavy atom. The Kier molecular flexibility index (Phi) is 3.58. The van der Waals surface area contributed by atoms with E-state index in [0.29, 0.717) is 6.42 Å². The highest BCUT2D eigenvalue weighted by Crippen LogP contribution is 2.28. The van der Waals surface area contributed by atoms with Crippen molar-refractivity contribution < 1.29 is 9.21 Å². The van der Waals surface area contributed by atoms with Crippen molar-refractivity contribution in [3.63, 3.8) is 0 Å². The number of amides is 1. The van der Waals surface area contributed by atoms with Crippen LogP contribution in [0, 0.1) is 5.92 Å². The quantitative estimate of drug-likeness (QED) is 0.781. The van der Waals surface area contributed by atoms with E-state index in [9.17, 15) is 4.79 Å². The van der Waals surface area contributed by atoms with Gasteiger partial charge in [-0.25, -0.2) is 4.98 Å². The lowest BCUT2D eigenvalue weighted by molar-refractivity contribution is -0.117. The summed E-state index contributed by atoms with van der Waals surface area (Å²) in [7, 11) is 0. The zero-order chi connectivity index (χ0) is 12.3. The monoisotopic (exact) mass is 235 g/mol. The molecule has 2 atom stereocenters. The first-order valence-corrected chi connectivity index (χ1v) is 5.76. The minimum absolute atomic E-state index is 0.0339. The number of nitrogens with zero attached hydrogens (tertiary/aromatic N) is 1. The molecule has 0 bridgehead atoms. The summed E-state index contributed by atoms with van der Waals surface area (Å²) in [6.07, 6.45) is 6.04. The summed E-state index contributed by atoms with van der Waals surface area (Å²) in [6.45, 7) is 3.93. The second-order valence-electron chi connectivity index (χ2n) is 4.51. The molecule has 2 unspecified atom stereocenters. The molecule has 92 valence electrons. The van der Waals surface area contributed by atoms with Crippen LogP contribution in [0.15, 0.2) is 29.0 Å². The molecule has 1 amide bonds. The Balaban J connectivity index is 1.84. The predicted octanol–water partition coefficient (Wildman–Crippen LogP) is 1.69. The maximum atomic E-state index is 11.7. The Labute approximate surface area is 100 Å². The number of hydrogen-bond donors (Lipinski definition) is 2. The van der Waals surface area contributed by atoms with Crippen molar-refractivity contribution >= 4 is 11.9 Å². The molecule has 2 rings (SSSR count). The second-order valence-corrected chi connectivity index (χ2v) is 4.51. The number of oxazole rings is 1. The summed E-state index contributed by atoms with van der Waals surface area (Å²) in [6, 6.07) is 0.273. The van der Waals surface area contributed by atoms with Gasteiger partial charge in [0.05, 0.1) is 6.20 Å².